The van der Waals surface area contributed by atoms with Gasteiger partial charge in [-0.2, -0.15) is 5.10 Å². The molecule has 0 spiro atoms. The lowest BCUT2D eigenvalue weighted by Gasteiger charge is -2.08. The fourth-order valence-electron chi connectivity index (χ4n) is 2.18. The van der Waals surface area contributed by atoms with Crippen LogP contribution in [0.1, 0.15) is 25.5 Å². The van der Waals surface area contributed by atoms with Crippen molar-refractivity contribution < 1.29 is 0 Å². The first-order valence-corrected chi connectivity index (χ1v) is 6.35. The van der Waals surface area contributed by atoms with E-state index in [1.54, 1.807) is 6.20 Å². The molecule has 0 saturated heterocycles. The van der Waals surface area contributed by atoms with Crippen molar-refractivity contribution in [3.63, 3.8) is 0 Å². The van der Waals surface area contributed by atoms with Crippen LogP contribution in [0.3, 0.4) is 0 Å². The number of pyridine rings is 1. The van der Waals surface area contributed by atoms with Crippen LogP contribution in [0.2, 0.25) is 0 Å². The molecule has 2 aromatic heterocycles. The van der Waals surface area contributed by atoms with Gasteiger partial charge in [-0.15, -0.1) is 0 Å². The quantitative estimate of drug-likeness (QED) is 0.713. The van der Waals surface area contributed by atoms with Gasteiger partial charge in [0.2, 0.25) is 0 Å². The summed E-state index contributed by atoms with van der Waals surface area (Å²) in [6.07, 6.45) is 5.57. The van der Waals surface area contributed by atoms with Gasteiger partial charge in [-0.05, 0) is 30.2 Å². The highest BCUT2D eigenvalue weighted by Gasteiger charge is 2.09. The molecule has 4 nitrogen and oxygen atoms in total. The molecule has 3 aromatic rings. The fraction of sp³-hybridized carbons (Fsp3) is 0.200. The second-order valence-electron chi connectivity index (χ2n) is 4.94. The zero-order chi connectivity index (χ0) is 13.4. The highest BCUT2D eigenvalue weighted by atomic mass is 15.3. The second kappa shape index (κ2) is 4.39. The number of fused-ring (bicyclic) bond motifs is 1. The Morgan fingerprint density at radius 2 is 1.95 bits per heavy atom. The standard InChI is InChI=1S/C15H16N4/c1-10(2)14-6-8-19(18-14)15-4-3-13(16)11-5-7-17-9-12(11)15/h3-10H,16H2,1-2H3. The second-order valence-corrected chi connectivity index (χ2v) is 4.94. The molecule has 0 bridgehead atoms. The van der Waals surface area contributed by atoms with Gasteiger partial charge in [0, 0.05) is 35.1 Å². The molecule has 0 fully saturated rings. The van der Waals surface area contributed by atoms with Gasteiger partial charge in [0.1, 0.15) is 0 Å². The molecule has 4 heteroatoms. The summed E-state index contributed by atoms with van der Waals surface area (Å²) in [4.78, 5) is 4.19. The first kappa shape index (κ1) is 11.7. The largest absolute Gasteiger partial charge is 0.398 e. The molecule has 0 saturated carbocycles. The highest BCUT2D eigenvalue weighted by Crippen LogP contribution is 2.26. The predicted octanol–water partition coefficient (Wildman–Crippen LogP) is 3.13. The van der Waals surface area contributed by atoms with E-state index in [0.717, 1.165) is 27.8 Å². The minimum Gasteiger partial charge on any atom is -0.398 e. The fourth-order valence-corrected chi connectivity index (χ4v) is 2.18. The van der Waals surface area contributed by atoms with Crippen molar-refractivity contribution in [2.75, 3.05) is 5.73 Å². The molecule has 0 radical (unpaired) electrons. The number of nitrogens with zero attached hydrogens (tertiary/aromatic N) is 3. The maximum absolute atomic E-state index is 6.00. The molecular formula is C15H16N4. The third-order valence-corrected chi connectivity index (χ3v) is 3.28. The van der Waals surface area contributed by atoms with Crippen molar-refractivity contribution in [2.45, 2.75) is 19.8 Å². The molecule has 0 aliphatic carbocycles. The van der Waals surface area contributed by atoms with E-state index in [-0.39, 0.29) is 0 Å². The predicted molar refractivity (Wildman–Crippen MR) is 77.4 cm³/mol. The average molecular weight is 252 g/mol. The lowest BCUT2D eigenvalue weighted by Crippen LogP contribution is -1.99. The Balaban J connectivity index is 2.22. The maximum Gasteiger partial charge on any atom is 0.0741 e. The lowest BCUT2D eigenvalue weighted by atomic mass is 10.1. The van der Waals surface area contributed by atoms with Crippen LogP contribution in [0.5, 0.6) is 0 Å². The normalized spacial score (nSPS) is 11.3. The minimum atomic E-state index is 0.416. The van der Waals surface area contributed by atoms with Gasteiger partial charge in [0.15, 0.2) is 0 Å². The Kier molecular flexibility index (Phi) is 2.71. The van der Waals surface area contributed by atoms with Crippen molar-refractivity contribution in [3.8, 4) is 5.69 Å². The maximum atomic E-state index is 6.00. The van der Waals surface area contributed by atoms with Crippen LogP contribution in [0.15, 0.2) is 42.9 Å². The van der Waals surface area contributed by atoms with Crippen LogP contribution in [0.4, 0.5) is 5.69 Å². The molecule has 3 rings (SSSR count). The summed E-state index contributed by atoms with van der Waals surface area (Å²) in [6, 6.07) is 7.87. The van der Waals surface area contributed by atoms with Gasteiger partial charge in [-0.25, -0.2) is 4.68 Å². The van der Waals surface area contributed by atoms with E-state index in [9.17, 15) is 0 Å². The van der Waals surface area contributed by atoms with Gasteiger partial charge in [-0.1, -0.05) is 13.8 Å². The van der Waals surface area contributed by atoms with Crippen molar-refractivity contribution in [1.29, 1.82) is 0 Å². The summed E-state index contributed by atoms with van der Waals surface area (Å²) in [5.74, 6) is 0.416. The Hall–Kier alpha value is -2.36. The van der Waals surface area contributed by atoms with Gasteiger partial charge in [0.05, 0.1) is 11.4 Å². The molecule has 0 amide bonds. The van der Waals surface area contributed by atoms with Crippen molar-refractivity contribution in [3.05, 3.63) is 48.5 Å². The van der Waals surface area contributed by atoms with Crippen LogP contribution >= 0.6 is 0 Å². The van der Waals surface area contributed by atoms with Gasteiger partial charge < -0.3 is 5.73 Å². The summed E-state index contributed by atoms with van der Waals surface area (Å²) >= 11 is 0. The third-order valence-electron chi connectivity index (χ3n) is 3.28. The molecular weight excluding hydrogens is 236 g/mol. The topological polar surface area (TPSA) is 56.7 Å². The first-order valence-electron chi connectivity index (χ1n) is 6.35. The van der Waals surface area contributed by atoms with Crippen LogP contribution in [-0.4, -0.2) is 14.8 Å². The van der Waals surface area contributed by atoms with Gasteiger partial charge >= 0.3 is 0 Å². The summed E-state index contributed by atoms with van der Waals surface area (Å²) < 4.78 is 1.89. The molecule has 19 heavy (non-hydrogen) atoms. The first-order chi connectivity index (χ1) is 9.16. The number of aromatic nitrogens is 3. The zero-order valence-electron chi connectivity index (χ0n) is 11.0. The molecule has 1 aromatic carbocycles. The van der Waals surface area contributed by atoms with E-state index in [2.05, 4.69) is 23.9 Å². The number of nitrogens with two attached hydrogens (primary N) is 1. The molecule has 0 atom stereocenters. The number of nitrogen functional groups attached to an aromatic ring is 1. The Morgan fingerprint density at radius 3 is 2.68 bits per heavy atom. The van der Waals surface area contributed by atoms with E-state index in [1.165, 1.54) is 0 Å². The smallest absolute Gasteiger partial charge is 0.0741 e. The minimum absolute atomic E-state index is 0.416. The van der Waals surface area contributed by atoms with E-state index in [4.69, 9.17) is 5.73 Å². The van der Waals surface area contributed by atoms with Crippen molar-refractivity contribution in [1.82, 2.24) is 14.8 Å². The summed E-state index contributed by atoms with van der Waals surface area (Å²) in [6.45, 7) is 4.27. The molecule has 0 aliphatic rings. The number of hydrogen-bond donors (Lipinski definition) is 1. The number of rotatable bonds is 2. The lowest BCUT2D eigenvalue weighted by molar-refractivity contribution is 0.770. The van der Waals surface area contributed by atoms with Crippen molar-refractivity contribution >= 4 is 16.5 Å². The number of anilines is 1. The molecule has 0 unspecified atom stereocenters. The van der Waals surface area contributed by atoms with E-state index < -0.39 is 0 Å². The van der Waals surface area contributed by atoms with Crippen LogP contribution in [0, 0.1) is 0 Å². The zero-order valence-corrected chi connectivity index (χ0v) is 11.0. The molecule has 0 aliphatic heterocycles. The molecule has 96 valence electrons. The van der Waals surface area contributed by atoms with E-state index in [0.29, 0.717) is 5.92 Å². The Morgan fingerprint density at radius 1 is 1.11 bits per heavy atom. The van der Waals surface area contributed by atoms with Gasteiger partial charge in [0.25, 0.3) is 0 Å². The highest BCUT2D eigenvalue weighted by molar-refractivity contribution is 5.97. The Labute approximate surface area is 111 Å². The van der Waals surface area contributed by atoms with E-state index in [1.807, 2.05) is 41.3 Å². The summed E-state index contributed by atoms with van der Waals surface area (Å²) in [5.41, 5.74) is 8.84. The van der Waals surface area contributed by atoms with Crippen LogP contribution in [0.25, 0.3) is 16.5 Å². The summed E-state index contributed by atoms with van der Waals surface area (Å²) in [7, 11) is 0. The average Bonchev–Trinajstić information content (AvgIpc) is 2.89. The van der Waals surface area contributed by atoms with Crippen LogP contribution < -0.4 is 5.73 Å². The number of benzene rings is 1. The van der Waals surface area contributed by atoms with Gasteiger partial charge in [-0.3, -0.25) is 4.98 Å². The molecule has 2 heterocycles. The molecule has 2 N–H and O–H groups in total. The Bertz CT molecular complexity index is 728. The third kappa shape index (κ3) is 1.95. The van der Waals surface area contributed by atoms with Crippen LogP contribution in [-0.2, 0) is 0 Å². The summed E-state index contributed by atoms with van der Waals surface area (Å²) in [5, 5.41) is 6.63. The van der Waals surface area contributed by atoms with Crippen molar-refractivity contribution in [2.24, 2.45) is 0 Å². The van der Waals surface area contributed by atoms with E-state index >= 15 is 0 Å². The number of hydrogen-bond acceptors (Lipinski definition) is 3. The monoisotopic (exact) mass is 252 g/mol. The SMILES string of the molecule is CC(C)c1ccn(-c2ccc(N)c3ccncc23)n1.